The Labute approximate surface area is 121 Å². The number of hydrogen-bond acceptors (Lipinski definition) is 6. The van der Waals surface area contributed by atoms with Gasteiger partial charge in [-0.25, -0.2) is 0 Å². The van der Waals surface area contributed by atoms with Crippen LogP contribution < -0.4 is 5.73 Å². The molecule has 0 amide bonds. The van der Waals surface area contributed by atoms with Gasteiger partial charge in [-0.05, 0) is 37.1 Å². The molecule has 0 aliphatic carbocycles. The lowest BCUT2D eigenvalue weighted by Crippen LogP contribution is -2.46. The van der Waals surface area contributed by atoms with Crippen molar-refractivity contribution in [2.75, 3.05) is 0 Å². The highest BCUT2D eigenvalue weighted by atomic mass is 32.1. The van der Waals surface area contributed by atoms with E-state index in [9.17, 15) is 0 Å². The first-order valence-electron chi connectivity index (χ1n) is 7.16. The van der Waals surface area contributed by atoms with E-state index in [0.717, 1.165) is 30.8 Å². The predicted octanol–water partition coefficient (Wildman–Crippen LogP) is 2.25. The van der Waals surface area contributed by atoms with E-state index >= 15 is 0 Å². The molecule has 2 bridgehead atoms. The Morgan fingerprint density at radius 2 is 2.15 bits per heavy atom. The van der Waals surface area contributed by atoms with Gasteiger partial charge in [-0.15, -0.1) is 0 Å². The third kappa shape index (κ3) is 2.17. The van der Waals surface area contributed by atoms with E-state index in [0.29, 0.717) is 24.0 Å². The Bertz CT molecular complexity index is 568. The monoisotopic (exact) mass is 290 g/mol. The molecule has 2 aliphatic rings. The number of thiophene rings is 1. The molecule has 2 aliphatic heterocycles. The number of nitrogens with two attached hydrogens (primary N) is 1. The molecule has 0 aromatic carbocycles. The summed E-state index contributed by atoms with van der Waals surface area (Å²) in [5, 5.41) is 8.18. The third-order valence-corrected chi connectivity index (χ3v) is 5.16. The average Bonchev–Trinajstić information content (AvgIpc) is 3.12. The zero-order valence-corrected chi connectivity index (χ0v) is 12.1. The zero-order valence-electron chi connectivity index (χ0n) is 11.2. The summed E-state index contributed by atoms with van der Waals surface area (Å²) >= 11 is 1.64. The second-order valence-corrected chi connectivity index (χ2v) is 6.60. The molecule has 0 spiro atoms. The molecule has 2 fully saturated rings. The molecule has 2 saturated heterocycles. The topological polar surface area (TPSA) is 68.2 Å². The molecule has 5 nitrogen and oxygen atoms in total. The molecular formula is C14H18N4OS. The second kappa shape index (κ2) is 4.95. The predicted molar refractivity (Wildman–Crippen MR) is 77.2 cm³/mol. The first-order chi connectivity index (χ1) is 9.79. The van der Waals surface area contributed by atoms with E-state index in [2.05, 4.69) is 15.0 Å². The van der Waals surface area contributed by atoms with Gasteiger partial charge in [0.25, 0.3) is 5.89 Å². The fourth-order valence-electron chi connectivity index (χ4n) is 3.56. The van der Waals surface area contributed by atoms with E-state index in [1.165, 1.54) is 12.8 Å². The molecule has 4 heterocycles. The van der Waals surface area contributed by atoms with Gasteiger partial charge in [0.15, 0.2) is 5.82 Å². The smallest absolute Gasteiger partial charge is 0.258 e. The van der Waals surface area contributed by atoms with Crippen LogP contribution in [0.1, 0.15) is 31.5 Å². The largest absolute Gasteiger partial charge is 0.334 e. The van der Waals surface area contributed by atoms with Crippen LogP contribution in [0.2, 0.25) is 0 Å². The Balaban J connectivity index is 1.50. The van der Waals surface area contributed by atoms with E-state index in [1.54, 1.807) is 11.3 Å². The number of piperidine rings is 1. The minimum atomic E-state index is 0.371. The lowest BCUT2D eigenvalue weighted by atomic mass is 9.98. The van der Waals surface area contributed by atoms with Crippen LogP contribution in [0.25, 0.3) is 11.5 Å². The third-order valence-electron chi connectivity index (χ3n) is 4.48. The van der Waals surface area contributed by atoms with Crippen LogP contribution in [0.4, 0.5) is 0 Å². The maximum atomic E-state index is 6.10. The second-order valence-electron chi connectivity index (χ2n) is 5.82. The Morgan fingerprint density at radius 3 is 2.85 bits per heavy atom. The van der Waals surface area contributed by atoms with Gasteiger partial charge in [-0.3, -0.25) is 4.90 Å². The lowest BCUT2D eigenvalue weighted by molar-refractivity contribution is 0.115. The van der Waals surface area contributed by atoms with Gasteiger partial charge in [0.2, 0.25) is 0 Å². The van der Waals surface area contributed by atoms with Gasteiger partial charge in [0.1, 0.15) is 0 Å². The molecule has 2 aromatic rings. The van der Waals surface area contributed by atoms with Gasteiger partial charge < -0.3 is 10.3 Å². The summed E-state index contributed by atoms with van der Waals surface area (Å²) in [5.41, 5.74) is 7.12. The summed E-state index contributed by atoms with van der Waals surface area (Å²) in [6.45, 7) is 0.787. The number of hydrogen-bond donors (Lipinski definition) is 1. The SMILES string of the molecule is NC1CC2CCC(C1)N2Cc1noc(-c2ccsc2)n1. The standard InChI is InChI=1S/C14H18N4OS/c15-10-5-11-1-2-12(6-10)18(11)7-13-16-14(19-17-13)9-3-4-20-8-9/h3-4,8,10-12H,1-2,5-7,15H2. The van der Waals surface area contributed by atoms with Crippen molar-refractivity contribution in [3.05, 3.63) is 22.7 Å². The van der Waals surface area contributed by atoms with Crippen molar-refractivity contribution in [2.45, 2.75) is 50.4 Å². The Kier molecular flexibility index (Phi) is 3.09. The lowest BCUT2D eigenvalue weighted by Gasteiger charge is -2.36. The molecule has 2 N–H and O–H groups in total. The highest BCUT2D eigenvalue weighted by molar-refractivity contribution is 7.08. The van der Waals surface area contributed by atoms with Crippen LogP contribution in [0.15, 0.2) is 21.3 Å². The number of aromatic nitrogens is 2. The van der Waals surface area contributed by atoms with Crippen LogP contribution in [0.3, 0.4) is 0 Å². The van der Waals surface area contributed by atoms with Crippen LogP contribution in [0.5, 0.6) is 0 Å². The summed E-state index contributed by atoms with van der Waals surface area (Å²) in [5.74, 6) is 1.42. The fourth-order valence-corrected chi connectivity index (χ4v) is 4.19. The first-order valence-corrected chi connectivity index (χ1v) is 8.10. The highest BCUT2D eigenvalue weighted by Gasteiger charge is 2.39. The molecule has 0 saturated carbocycles. The molecular weight excluding hydrogens is 272 g/mol. The number of rotatable bonds is 3. The zero-order chi connectivity index (χ0) is 13.5. The number of fused-ring (bicyclic) bond motifs is 2. The summed E-state index contributed by atoms with van der Waals surface area (Å²) in [7, 11) is 0. The minimum Gasteiger partial charge on any atom is -0.334 e. The molecule has 6 heteroatoms. The minimum absolute atomic E-state index is 0.371. The van der Waals surface area contributed by atoms with Gasteiger partial charge in [0.05, 0.1) is 12.1 Å². The van der Waals surface area contributed by atoms with Crippen molar-refractivity contribution in [2.24, 2.45) is 5.73 Å². The van der Waals surface area contributed by atoms with Crippen molar-refractivity contribution in [3.8, 4) is 11.5 Å². The van der Waals surface area contributed by atoms with E-state index in [-0.39, 0.29) is 0 Å². The number of nitrogens with zero attached hydrogens (tertiary/aromatic N) is 3. The molecule has 4 rings (SSSR count). The molecule has 106 valence electrons. The van der Waals surface area contributed by atoms with Crippen molar-refractivity contribution in [1.82, 2.24) is 15.0 Å². The Hall–Kier alpha value is -1.24. The van der Waals surface area contributed by atoms with Gasteiger partial charge >= 0.3 is 0 Å². The first kappa shape index (κ1) is 12.5. The summed E-state index contributed by atoms with van der Waals surface area (Å²) in [6.07, 6.45) is 4.72. The van der Waals surface area contributed by atoms with Crippen LogP contribution >= 0.6 is 11.3 Å². The summed E-state index contributed by atoms with van der Waals surface area (Å²) < 4.78 is 5.36. The molecule has 2 aromatic heterocycles. The summed E-state index contributed by atoms with van der Waals surface area (Å²) in [6, 6.07) is 3.58. The van der Waals surface area contributed by atoms with Crippen LogP contribution in [-0.4, -0.2) is 33.2 Å². The Morgan fingerprint density at radius 1 is 1.35 bits per heavy atom. The van der Waals surface area contributed by atoms with Gasteiger partial charge in [0, 0.05) is 23.5 Å². The maximum absolute atomic E-state index is 6.10. The van der Waals surface area contributed by atoms with Crippen LogP contribution in [-0.2, 0) is 6.54 Å². The van der Waals surface area contributed by atoms with E-state index in [4.69, 9.17) is 10.3 Å². The highest BCUT2D eigenvalue weighted by Crippen LogP contribution is 2.36. The van der Waals surface area contributed by atoms with Crippen molar-refractivity contribution >= 4 is 11.3 Å². The van der Waals surface area contributed by atoms with Gasteiger partial charge in [-0.1, -0.05) is 5.16 Å². The molecule has 0 radical (unpaired) electrons. The van der Waals surface area contributed by atoms with Crippen molar-refractivity contribution in [3.63, 3.8) is 0 Å². The van der Waals surface area contributed by atoms with E-state index < -0.39 is 0 Å². The maximum Gasteiger partial charge on any atom is 0.258 e. The normalized spacial score (nSPS) is 29.9. The molecule has 20 heavy (non-hydrogen) atoms. The quantitative estimate of drug-likeness (QED) is 0.939. The molecule has 2 unspecified atom stereocenters. The average molecular weight is 290 g/mol. The van der Waals surface area contributed by atoms with Crippen molar-refractivity contribution < 1.29 is 4.52 Å². The fraction of sp³-hybridized carbons (Fsp3) is 0.571. The van der Waals surface area contributed by atoms with Crippen LogP contribution in [0, 0.1) is 0 Å². The van der Waals surface area contributed by atoms with Gasteiger partial charge in [-0.2, -0.15) is 16.3 Å². The summed E-state index contributed by atoms with van der Waals surface area (Å²) in [4.78, 5) is 7.04. The van der Waals surface area contributed by atoms with E-state index in [1.807, 2.05) is 16.8 Å². The molecule has 2 atom stereocenters. The van der Waals surface area contributed by atoms with Crippen molar-refractivity contribution in [1.29, 1.82) is 0 Å².